The van der Waals surface area contributed by atoms with Gasteiger partial charge in [0.1, 0.15) is 5.75 Å². The zero-order chi connectivity index (χ0) is 18.5. The third-order valence-corrected chi connectivity index (χ3v) is 4.16. The van der Waals surface area contributed by atoms with E-state index in [1.165, 1.54) is 23.8 Å². The molecular weight excluding hydrogens is 369 g/mol. The van der Waals surface area contributed by atoms with E-state index in [2.05, 4.69) is 15.1 Å². The Kier molecular flexibility index (Phi) is 3.73. The summed E-state index contributed by atoms with van der Waals surface area (Å²) in [6, 6.07) is 10.7. The van der Waals surface area contributed by atoms with Gasteiger partial charge in [0.2, 0.25) is 5.28 Å². The van der Waals surface area contributed by atoms with Crippen LogP contribution in [0.15, 0.2) is 42.5 Å². The molecule has 0 aliphatic heterocycles. The minimum atomic E-state index is -4.59. The third-order valence-electron chi connectivity index (χ3n) is 3.91. The van der Waals surface area contributed by atoms with Crippen molar-refractivity contribution >= 4 is 28.2 Å². The van der Waals surface area contributed by atoms with Gasteiger partial charge in [0.25, 0.3) is 0 Å². The Morgan fingerprint density at radius 1 is 1.08 bits per heavy atom. The lowest BCUT2D eigenvalue weighted by atomic mass is 10.1. The Balaban J connectivity index is 2.01. The van der Waals surface area contributed by atoms with E-state index in [0.717, 1.165) is 6.07 Å². The van der Waals surface area contributed by atoms with Crippen LogP contribution in [0.25, 0.3) is 27.9 Å². The van der Waals surface area contributed by atoms with E-state index >= 15 is 0 Å². The smallest absolute Gasteiger partial charge is 0.417 e. The predicted molar refractivity (Wildman–Crippen MR) is 90.3 cm³/mol. The lowest BCUT2D eigenvalue weighted by Crippen LogP contribution is -2.08. The summed E-state index contributed by atoms with van der Waals surface area (Å²) in [6.07, 6.45) is -4.59. The highest BCUT2D eigenvalue weighted by atomic mass is 35.5. The van der Waals surface area contributed by atoms with Crippen molar-refractivity contribution in [2.75, 3.05) is 7.11 Å². The van der Waals surface area contributed by atoms with Gasteiger partial charge in [-0.15, -0.1) is 5.10 Å². The molecule has 0 saturated carbocycles. The van der Waals surface area contributed by atoms with Gasteiger partial charge in [-0.2, -0.15) is 17.7 Å². The van der Waals surface area contributed by atoms with Crippen LogP contribution in [-0.2, 0) is 6.18 Å². The molecule has 0 amide bonds. The molecule has 9 heteroatoms. The molecular formula is C17H10ClF3N4O. The zero-order valence-electron chi connectivity index (χ0n) is 13.3. The van der Waals surface area contributed by atoms with Gasteiger partial charge < -0.3 is 4.74 Å². The standard InChI is InChI=1S/C17H10ClF3N4O/c1-26-9-6-7-10(12(8-9)17(19,20)21)14-23-15-11-4-2-3-5-13(11)22-16(18)25(15)24-14/h2-8H,1H3. The van der Waals surface area contributed by atoms with Crippen LogP contribution < -0.4 is 4.74 Å². The first-order chi connectivity index (χ1) is 12.4. The van der Waals surface area contributed by atoms with Crippen molar-refractivity contribution in [1.29, 1.82) is 0 Å². The van der Waals surface area contributed by atoms with Crippen LogP contribution in [-0.4, -0.2) is 26.7 Å². The van der Waals surface area contributed by atoms with Crippen molar-refractivity contribution in [2.45, 2.75) is 6.18 Å². The molecule has 0 atom stereocenters. The van der Waals surface area contributed by atoms with Crippen LogP contribution in [0, 0.1) is 0 Å². The second-order valence-electron chi connectivity index (χ2n) is 5.48. The van der Waals surface area contributed by atoms with Crippen LogP contribution in [0.5, 0.6) is 5.75 Å². The lowest BCUT2D eigenvalue weighted by Gasteiger charge is -2.12. The molecule has 0 saturated heterocycles. The number of alkyl halides is 3. The molecule has 26 heavy (non-hydrogen) atoms. The number of hydrogen-bond donors (Lipinski definition) is 0. The topological polar surface area (TPSA) is 52.3 Å². The molecule has 0 spiro atoms. The predicted octanol–water partition coefficient (Wildman–Crippen LogP) is 4.63. The Morgan fingerprint density at radius 3 is 2.58 bits per heavy atom. The number of hydrogen-bond acceptors (Lipinski definition) is 4. The van der Waals surface area contributed by atoms with E-state index in [0.29, 0.717) is 16.6 Å². The van der Waals surface area contributed by atoms with E-state index < -0.39 is 11.7 Å². The van der Waals surface area contributed by atoms with E-state index in [1.54, 1.807) is 24.3 Å². The number of halogens is 4. The van der Waals surface area contributed by atoms with Crippen LogP contribution >= 0.6 is 11.6 Å². The maximum atomic E-state index is 13.5. The SMILES string of the molecule is COc1ccc(-c2nc3c4ccccc4nc(Cl)n3n2)c(C(F)(F)F)c1. The number of para-hydroxylation sites is 1. The average molecular weight is 379 g/mol. The zero-order valence-corrected chi connectivity index (χ0v) is 14.0. The van der Waals surface area contributed by atoms with Crippen molar-refractivity contribution in [3.8, 4) is 17.1 Å². The number of methoxy groups -OCH3 is 1. The lowest BCUT2D eigenvalue weighted by molar-refractivity contribution is -0.137. The number of nitrogens with zero attached hydrogens (tertiary/aromatic N) is 4. The summed E-state index contributed by atoms with van der Waals surface area (Å²) in [6.45, 7) is 0. The molecule has 2 aromatic heterocycles. The van der Waals surface area contributed by atoms with Crippen LogP contribution in [0.4, 0.5) is 13.2 Å². The summed E-state index contributed by atoms with van der Waals surface area (Å²) in [7, 11) is 1.30. The number of rotatable bonds is 2. The fraction of sp³-hybridized carbons (Fsp3) is 0.118. The number of benzene rings is 2. The molecule has 0 bridgehead atoms. The Hall–Kier alpha value is -2.87. The first-order valence-electron chi connectivity index (χ1n) is 7.45. The number of aromatic nitrogens is 4. The minimum absolute atomic E-state index is 0.0134. The van der Waals surface area contributed by atoms with Crippen LogP contribution in [0.1, 0.15) is 5.56 Å². The number of ether oxygens (including phenoxy) is 1. The van der Waals surface area contributed by atoms with Crippen molar-refractivity contribution in [3.63, 3.8) is 0 Å². The minimum Gasteiger partial charge on any atom is -0.497 e. The van der Waals surface area contributed by atoms with Gasteiger partial charge >= 0.3 is 6.18 Å². The summed E-state index contributed by atoms with van der Waals surface area (Å²) < 4.78 is 46.6. The fourth-order valence-electron chi connectivity index (χ4n) is 2.72. The first kappa shape index (κ1) is 16.6. The highest BCUT2D eigenvalue weighted by Crippen LogP contribution is 2.38. The highest BCUT2D eigenvalue weighted by molar-refractivity contribution is 6.29. The van der Waals surface area contributed by atoms with Crippen molar-refractivity contribution in [3.05, 3.63) is 53.3 Å². The number of fused-ring (bicyclic) bond motifs is 3. The van der Waals surface area contributed by atoms with Crippen molar-refractivity contribution in [1.82, 2.24) is 19.6 Å². The van der Waals surface area contributed by atoms with Crippen molar-refractivity contribution in [2.24, 2.45) is 0 Å². The molecule has 2 aromatic carbocycles. The molecule has 4 aromatic rings. The molecule has 0 aliphatic carbocycles. The van der Waals surface area contributed by atoms with Gasteiger partial charge in [0.05, 0.1) is 18.2 Å². The van der Waals surface area contributed by atoms with Gasteiger partial charge in [0, 0.05) is 10.9 Å². The first-order valence-corrected chi connectivity index (χ1v) is 7.83. The summed E-state index contributed by atoms with van der Waals surface area (Å²) in [4.78, 5) is 8.48. The van der Waals surface area contributed by atoms with Gasteiger partial charge in [-0.3, -0.25) is 0 Å². The van der Waals surface area contributed by atoms with Gasteiger partial charge in [-0.1, -0.05) is 12.1 Å². The Bertz CT molecular complexity index is 1140. The summed E-state index contributed by atoms with van der Waals surface area (Å²) in [5.41, 5.74) is -0.141. The second-order valence-corrected chi connectivity index (χ2v) is 5.82. The van der Waals surface area contributed by atoms with Crippen molar-refractivity contribution < 1.29 is 17.9 Å². The van der Waals surface area contributed by atoms with E-state index in [4.69, 9.17) is 16.3 Å². The molecule has 0 N–H and O–H groups in total. The molecule has 5 nitrogen and oxygen atoms in total. The maximum absolute atomic E-state index is 13.5. The van der Waals surface area contributed by atoms with Crippen LogP contribution in [0.2, 0.25) is 5.28 Å². The normalized spacial score (nSPS) is 12.0. The maximum Gasteiger partial charge on any atom is 0.417 e. The monoisotopic (exact) mass is 378 g/mol. The molecule has 2 heterocycles. The summed E-state index contributed by atoms with van der Waals surface area (Å²) in [5, 5.41) is 4.78. The third kappa shape index (κ3) is 2.62. The largest absolute Gasteiger partial charge is 0.497 e. The second kappa shape index (κ2) is 5.84. The van der Waals surface area contributed by atoms with Crippen LogP contribution in [0.3, 0.4) is 0 Å². The highest BCUT2D eigenvalue weighted by Gasteiger charge is 2.35. The molecule has 0 unspecified atom stereocenters. The van der Waals surface area contributed by atoms with E-state index in [9.17, 15) is 13.2 Å². The van der Waals surface area contributed by atoms with Gasteiger partial charge in [-0.05, 0) is 41.9 Å². The molecule has 0 fully saturated rings. The Labute approximate surface area is 150 Å². The van der Waals surface area contributed by atoms with E-state index in [-0.39, 0.29) is 22.4 Å². The molecule has 0 radical (unpaired) electrons. The van der Waals surface area contributed by atoms with Gasteiger partial charge in [-0.25, -0.2) is 9.97 Å². The molecule has 4 rings (SSSR count). The molecule has 132 valence electrons. The quantitative estimate of drug-likeness (QED) is 0.477. The summed E-state index contributed by atoms with van der Waals surface area (Å²) >= 11 is 6.12. The molecule has 0 aliphatic rings. The average Bonchev–Trinajstić information content (AvgIpc) is 3.07. The Morgan fingerprint density at radius 2 is 1.85 bits per heavy atom. The van der Waals surface area contributed by atoms with E-state index in [1.807, 2.05) is 0 Å². The van der Waals surface area contributed by atoms with Gasteiger partial charge in [0.15, 0.2) is 11.5 Å². The summed E-state index contributed by atoms with van der Waals surface area (Å²) in [5.74, 6) is -0.00461. The fourth-order valence-corrected chi connectivity index (χ4v) is 2.92.